The van der Waals surface area contributed by atoms with Crippen molar-refractivity contribution in [3.63, 3.8) is 0 Å². The lowest BCUT2D eigenvalue weighted by Crippen LogP contribution is -1.92. The van der Waals surface area contributed by atoms with Gasteiger partial charge in [-0.15, -0.1) is 0 Å². The smallest absolute Gasteiger partial charge is 0.0175 e. The van der Waals surface area contributed by atoms with E-state index in [1.54, 1.807) is 0 Å². The van der Waals surface area contributed by atoms with Gasteiger partial charge in [0.2, 0.25) is 0 Å². The van der Waals surface area contributed by atoms with Gasteiger partial charge in [0, 0.05) is 18.4 Å². The van der Waals surface area contributed by atoms with Gasteiger partial charge in [-0.1, -0.05) is 13.8 Å². The highest BCUT2D eigenvalue weighted by atomic mass is 15.0. The number of hydrogen-bond donors (Lipinski definition) is 0. The highest BCUT2D eigenvalue weighted by Crippen LogP contribution is 2.17. The van der Waals surface area contributed by atoms with E-state index >= 15 is 0 Å². The molecule has 0 fully saturated rings. The van der Waals surface area contributed by atoms with Crippen molar-refractivity contribution < 1.29 is 0 Å². The second kappa shape index (κ2) is 4.34. The van der Waals surface area contributed by atoms with Crippen LogP contribution in [0.25, 0.3) is 0 Å². The zero-order valence-electron chi connectivity index (χ0n) is 9.45. The van der Waals surface area contributed by atoms with Crippen molar-refractivity contribution in [2.45, 2.75) is 41.5 Å². The van der Waals surface area contributed by atoms with Crippen molar-refractivity contribution >= 4 is 0 Å². The Bertz CT molecular complexity index is 176. The molecule has 0 aliphatic carbocycles. The molecule has 0 radical (unpaired) electrons. The van der Waals surface area contributed by atoms with Crippen LogP contribution in [0, 0.1) is 27.7 Å². The van der Waals surface area contributed by atoms with Crippen LogP contribution in [0.3, 0.4) is 0 Å². The van der Waals surface area contributed by atoms with Gasteiger partial charge in [-0.3, -0.25) is 0 Å². The first kappa shape index (κ1) is 11.3. The summed E-state index contributed by atoms with van der Waals surface area (Å²) in [5.41, 5.74) is 5.63. The summed E-state index contributed by atoms with van der Waals surface area (Å²) in [6, 6.07) is 0. The summed E-state index contributed by atoms with van der Waals surface area (Å²) in [5.74, 6) is 0. The monoisotopic (exact) mass is 167 g/mol. The van der Waals surface area contributed by atoms with Crippen LogP contribution in [-0.2, 0) is 7.05 Å². The van der Waals surface area contributed by atoms with Gasteiger partial charge in [-0.2, -0.15) is 0 Å². The highest BCUT2D eigenvalue weighted by molar-refractivity contribution is 5.34. The molecule has 0 saturated heterocycles. The first-order valence-electron chi connectivity index (χ1n) is 4.64. The van der Waals surface area contributed by atoms with Gasteiger partial charge in [0.1, 0.15) is 0 Å². The highest BCUT2D eigenvalue weighted by Gasteiger charge is 2.06. The van der Waals surface area contributed by atoms with Crippen LogP contribution < -0.4 is 0 Å². The molecule has 0 N–H and O–H groups in total. The molecular formula is C11H21N. The van der Waals surface area contributed by atoms with Crippen molar-refractivity contribution in [2.24, 2.45) is 7.05 Å². The maximum absolute atomic E-state index is 2.24. The normalized spacial score (nSPS) is 9.25. The van der Waals surface area contributed by atoms with Gasteiger partial charge >= 0.3 is 0 Å². The summed E-state index contributed by atoms with van der Waals surface area (Å²) in [4.78, 5) is 0. The van der Waals surface area contributed by atoms with Gasteiger partial charge in [0.25, 0.3) is 0 Å². The Morgan fingerprint density at radius 3 is 1.08 bits per heavy atom. The third kappa shape index (κ3) is 1.71. The molecule has 1 rings (SSSR count). The van der Waals surface area contributed by atoms with Gasteiger partial charge in [-0.05, 0) is 38.8 Å². The zero-order chi connectivity index (χ0) is 9.89. The molecular weight excluding hydrogens is 146 g/mol. The molecule has 1 aromatic rings. The Labute approximate surface area is 76.4 Å². The first-order chi connectivity index (χ1) is 5.55. The second-order valence-corrected chi connectivity index (χ2v) is 2.98. The van der Waals surface area contributed by atoms with E-state index in [2.05, 4.69) is 39.3 Å². The van der Waals surface area contributed by atoms with E-state index < -0.39 is 0 Å². The molecule has 0 unspecified atom stereocenters. The molecule has 0 spiro atoms. The summed E-state index contributed by atoms with van der Waals surface area (Å²) in [6.45, 7) is 12.7. The fraction of sp³-hybridized carbons (Fsp3) is 0.636. The Kier molecular flexibility index (Phi) is 4.08. The van der Waals surface area contributed by atoms with E-state index in [0.29, 0.717) is 0 Å². The molecule has 1 nitrogen and oxygen atoms in total. The van der Waals surface area contributed by atoms with E-state index in [9.17, 15) is 0 Å². The van der Waals surface area contributed by atoms with Gasteiger partial charge in [-0.25, -0.2) is 0 Å². The van der Waals surface area contributed by atoms with Gasteiger partial charge in [0.15, 0.2) is 0 Å². The molecule has 0 aromatic carbocycles. The quantitative estimate of drug-likeness (QED) is 0.559. The minimum absolute atomic E-state index is 1.38. The first-order valence-corrected chi connectivity index (χ1v) is 4.64. The molecule has 0 bridgehead atoms. The Hall–Kier alpha value is -0.720. The van der Waals surface area contributed by atoms with Gasteiger partial charge in [0.05, 0.1) is 0 Å². The van der Waals surface area contributed by atoms with E-state index in [0.717, 1.165) is 0 Å². The molecule has 0 saturated carbocycles. The molecule has 1 aromatic heterocycles. The minimum Gasteiger partial charge on any atom is -0.352 e. The average Bonchev–Trinajstić information content (AvgIpc) is 2.27. The number of nitrogens with zero attached hydrogens (tertiary/aromatic N) is 1. The molecule has 70 valence electrons. The maximum Gasteiger partial charge on any atom is 0.0175 e. The third-order valence-corrected chi connectivity index (χ3v) is 2.65. The van der Waals surface area contributed by atoms with Crippen molar-refractivity contribution in [3.05, 3.63) is 22.5 Å². The molecule has 1 heteroatoms. The summed E-state index contributed by atoms with van der Waals surface area (Å²) in [5, 5.41) is 0. The summed E-state index contributed by atoms with van der Waals surface area (Å²) < 4.78 is 2.24. The lowest BCUT2D eigenvalue weighted by atomic mass is 10.2. The van der Waals surface area contributed by atoms with Crippen LogP contribution >= 0.6 is 0 Å². The fourth-order valence-corrected chi connectivity index (χ4v) is 1.30. The molecule has 0 amide bonds. The Balaban J connectivity index is 0.000000561. The average molecular weight is 167 g/mol. The lowest BCUT2D eigenvalue weighted by Gasteiger charge is -1.98. The van der Waals surface area contributed by atoms with Crippen molar-refractivity contribution in [3.8, 4) is 0 Å². The number of hydrogen-bond acceptors (Lipinski definition) is 0. The van der Waals surface area contributed by atoms with Gasteiger partial charge < -0.3 is 4.57 Å². The van der Waals surface area contributed by atoms with E-state index in [4.69, 9.17) is 0 Å². The number of aromatic nitrogens is 1. The van der Waals surface area contributed by atoms with Crippen LogP contribution in [0.1, 0.15) is 36.4 Å². The molecule has 12 heavy (non-hydrogen) atoms. The summed E-state index contributed by atoms with van der Waals surface area (Å²) in [6.07, 6.45) is 0. The topological polar surface area (TPSA) is 4.93 Å². The predicted octanol–water partition coefficient (Wildman–Crippen LogP) is 3.28. The molecule has 0 atom stereocenters. The Morgan fingerprint density at radius 2 is 1.00 bits per heavy atom. The van der Waals surface area contributed by atoms with Crippen LogP contribution in [-0.4, -0.2) is 4.57 Å². The van der Waals surface area contributed by atoms with E-state index in [1.807, 2.05) is 13.8 Å². The predicted molar refractivity (Wildman–Crippen MR) is 55.7 cm³/mol. The largest absolute Gasteiger partial charge is 0.352 e. The maximum atomic E-state index is 2.24. The number of rotatable bonds is 0. The molecule has 1 heterocycles. The summed E-state index contributed by atoms with van der Waals surface area (Å²) in [7, 11) is 2.12. The second-order valence-electron chi connectivity index (χ2n) is 2.98. The molecule has 0 aliphatic rings. The van der Waals surface area contributed by atoms with Crippen molar-refractivity contribution in [2.75, 3.05) is 0 Å². The van der Waals surface area contributed by atoms with Crippen LogP contribution in [0.4, 0.5) is 0 Å². The van der Waals surface area contributed by atoms with Crippen LogP contribution in [0.5, 0.6) is 0 Å². The standard InChI is InChI=1S/C9H15N.C2H6/c1-6-7(2)9(4)10(5)8(6)3;1-2/h1-5H3;1-2H3. The Morgan fingerprint density at radius 1 is 0.750 bits per heavy atom. The SMILES string of the molecule is CC.Cc1c(C)c(C)n(C)c1C. The van der Waals surface area contributed by atoms with Crippen molar-refractivity contribution in [1.29, 1.82) is 0 Å². The van der Waals surface area contributed by atoms with Crippen LogP contribution in [0.2, 0.25) is 0 Å². The third-order valence-electron chi connectivity index (χ3n) is 2.65. The fourth-order valence-electron chi connectivity index (χ4n) is 1.30. The minimum atomic E-state index is 1.38. The van der Waals surface area contributed by atoms with Crippen molar-refractivity contribution in [1.82, 2.24) is 4.57 Å². The summed E-state index contributed by atoms with van der Waals surface area (Å²) >= 11 is 0. The zero-order valence-corrected chi connectivity index (χ0v) is 9.45. The molecule has 0 aliphatic heterocycles. The lowest BCUT2D eigenvalue weighted by molar-refractivity contribution is 0.838. The van der Waals surface area contributed by atoms with E-state index in [-0.39, 0.29) is 0 Å². The van der Waals surface area contributed by atoms with Crippen LogP contribution in [0.15, 0.2) is 0 Å². The van der Waals surface area contributed by atoms with E-state index in [1.165, 1.54) is 22.5 Å².